The van der Waals surface area contributed by atoms with E-state index in [4.69, 9.17) is 10.5 Å². The average molecular weight is 281 g/mol. The van der Waals surface area contributed by atoms with Crippen LogP contribution >= 0.6 is 0 Å². The third kappa shape index (κ3) is 2.92. The van der Waals surface area contributed by atoms with Crippen molar-refractivity contribution < 1.29 is 9.53 Å². The van der Waals surface area contributed by atoms with Gasteiger partial charge >= 0.3 is 0 Å². The predicted octanol–water partition coefficient (Wildman–Crippen LogP) is 3.58. The summed E-state index contributed by atoms with van der Waals surface area (Å²) in [7, 11) is 0. The SMILES string of the molecule is CC(CC(=O)c1ccc2c(c1)CCO2)c1ccc(N)cc1. The van der Waals surface area contributed by atoms with Gasteiger partial charge in [-0.3, -0.25) is 4.79 Å². The summed E-state index contributed by atoms with van der Waals surface area (Å²) < 4.78 is 5.47. The lowest BCUT2D eigenvalue weighted by Gasteiger charge is -2.12. The maximum atomic E-state index is 12.4. The van der Waals surface area contributed by atoms with Crippen LogP contribution in [0.5, 0.6) is 5.75 Å². The van der Waals surface area contributed by atoms with Crippen LogP contribution in [0.4, 0.5) is 5.69 Å². The van der Waals surface area contributed by atoms with Crippen LogP contribution in [0.25, 0.3) is 0 Å². The Labute approximate surface area is 124 Å². The maximum Gasteiger partial charge on any atom is 0.163 e. The number of fused-ring (bicyclic) bond motifs is 1. The lowest BCUT2D eigenvalue weighted by Crippen LogP contribution is -2.05. The average Bonchev–Trinajstić information content (AvgIpc) is 2.95. The molecule has 0 spiro atoms. The maximum absolute atomic E-state index is 12.4. The number of anilines is 1. The second kappa shape index (κ2) is 5.60. The van der Waals surface area contributed by atoms with E-state index in [-0.39, 0.29) is 11.7 Å². The van der Waals surface area contributed by atoms with Crippen molar-refractivity contribution in [1.82, 2.24) is 0 Å². The van der Waals surface area contributed by atoms with Gasteiger partial charge in [-0.15, -0.1) is 0 Å². The number of rotatable bonds is 4. The molecule has 3 rings (SSSR count). The zero-order chi connectivity index (χ0) is 14.8. The largest absolute Gasteiger partial charge is 0.493 e. The van der Waals surface area contributed by atoms with E-state index in [9.17, 15) is 4.79 Å². The molecule has 0 aliphatic carbocycles. The summed E-state index contributed by atoms with van der Waals surface area (Å²) in [6.07, 6.45) is 1.40. The number of Topliss-reactive ketones (excluding diaryl/α,β-unsaturated/α-hetero) is 1. The van der Waals surface area contributed by atoms with E-state index in [1.165, 1.54) is 0 Å². The summed E-state index contributed by atoms with van der Waals surface area (Å²) in [5.41, 5.74) is 9.50. The molecule has 0 fully saturated rings. The minimum absolute atomic E-state index is 0.175. The van der Waals surface area contributed by atoms with Gasteiger partial charge in [0, 0.05) is 24.1 Å². The molecule has 1 heterocycles. The highest BCUT2D eigenvalue weighted by Crippen LogP contribution is 2.28. The molecular formula is C18H19NO2. The summed E-state index contributed by atoms with van der Waals surface area (Å²) in [5, 5.41) is 0. The third-order valence-electron chi connectivity index (χ3n) is 4.01. The fraction of sp³-hybridized carbons (Fsp3) is 0.278. The minimum atomic E-state index is 0.175. The van der Waals surface area contributed by atoms with E-state index in [1.807, 2.05) is 42.5 Å². The Balaban J connectivity index is 1.72. The predicted molar refractivity (Wildman–Crippen MR) is 83.9 cm³/mol. The van der Waals surface area contributed by atoms with Gasteiger partial charge in [0.15, 0.2) is 5.78 Å². The van der Waals surface area contributed by atoms with Crippen LogP contribution < -0.4 is 10.5 Å². The quantitative estimate of drug-likeness (QED) is 0.688. The highest BCUT2D eigenvalue weighted by atomic mass is 16.5. The van der Waals surface area contributed by atoms with E-state index in [0.29, 0.717) is 6.42 Å². The normalized spacial score (nSPS) is 14.3. The Morgan fingerprint density at radius 3 is 2.76 bits per heavy atom. The van der Waals surface area contributed by atoms with Gasteiger partial charge < -0.3 is 10.5 Å². The van der Waals surface area contributed by atoms with Gasteiger partial charge in [-0.1, -0.05) is 19.1 Å². The van der Waals surface area contributed by atoms with Crippen molar-refractivity contribution in [3.8, 4) is 5.75 Å². The molecular weight excluding hydrogens is 262 g/mol. The number of carbonyl (C=O) groups is 1. The van der Waals surface area contributed by atoms with Crippen LogP contribution in [0.1, 0.15) is 40.7 Å². The van der Waals surface area contributed by atoms with Gasteiger partial charge in [-0.05, 0) is 47.4 Å². The van der Waals surface area contributed by atoms with Gasteiger partial charge in [0.05, 0.1) is 6.61 Å². The fourth-order valence-corrected chi connectivity index (χ4v) is 2.70. The standard InChI is InChI=1S/C18H19NO2/c1-12(13-2-5-16(19)6-3-13)10-17(20)14-4-7-18-15(11-14)8-9-21-18/h2-7,11-12H,8-10,19H2,1H3. The molecule has 2 aromatic rings. The molecule has 1 unspecified atom stereocenters. The topological polar surface area (TPSA) is 52.3 Å². The fourth-order valence-electron chi connectivity index (χ4n) is 2.70. The van der Waals surface area contributed by atoms with Crippen LogP contribution in [-0.4, -0.2) is 12.4 Å². The molecule has 2 N–H and O–H groups in total. The molecule has 21 heavy (non-hydrogen) atoms. The molecule has 2 aromatic carbocycles. The number of benzene rings is 2. The van der Waals surface area contributed by atoms with Crippen molar-refractivity contribution in [2.45, 2.75) is 25.7 Å². The second-order valence-electron chi connectivity index (χ2n) is 5.62. The number of nitrogens with two attached hydrogens (primary N) is 1. The monoisotopic (exact) mass is 281 g/mol. The number of hydrogen-bond acceptors (Lipinski definition) is 3. The summed E-state index contributed by atoms with van der Waals surface area (Å²) in [4.78, 5) is 12.4. The first-order valence-electron chi connectivity index (χ1n) is 7.28. The van der Waals surface area contributed by atoms with E-state index in [2.05, 4.69) is 6.92 Å². The van der Waals surface area contributed by atoms with E-state index < -0.39 is 0 Å². The Hall–Kier alpha value is -2.29. The van der Waals surface area contributed by atoms with Gasteiger partial charge in [0.1, 0.15) is 5.75 Å². The smallest absolute Gasteiger partial charge is 0.163 e. The van der Waals surface area contributed by atoms with Crippen molar-refractivity contribution in [1.29, 1.82) is 0 Å². The minimum Gasteiger partial charge on any atom is -0.493 e. The van der Waals surface area contributed by atoms with Gasteiger partial charge in [0.25, 0.3) is 0 Å². The number of ketones is 1. The number of carbonyl (C=O) groups excluding carboxylic acids is 1. The molecule has 1 aliphatic rings. The number of nitrogen functional groups attached to an aromatic ring is 1. The summed E-state index contributed by atoms with van der Waals surface area (Å²) in [5.74, 6) is 1.27. The molecule has 0 amide bonds. The lowest BCUT2D eigenvalue weighted by atomic mass is 9.92. The van der Waals surface area contributed by atoms with Crippen molar-refractivity contribution in [3.63, 3.8) is 0 Å². The molecule has 0 saturated heterocycles. The Morgan fingerprint density at radius 1 is 1.24 bits per heavy atom. The van der Waals surface area contributed by atoms with Crippen molar-refractivity contribution in [2.24, 2.45) is 0 Å². The van der Waals surface area contributed by atoms with Gasteiger partial charge in [0.2, 0.25) is 0 Å². The number of ether oxygens (including phenoxy) is 1. The molecule has 1 atom stereocenters. The van der Waals surface area contributed by atoms with E-state index in [0.717, 1.165) is 41.2 Å². The van der Waals surface area contributed by atoms with Crippen LogP contribution in [0.3, 0.4) is 0 Å². The van der Waals surface area contributed by atoms with Crippen molar-refractivity contribution in [2.75, 3.05) is 12.3 Å². The molecule has 0 saturated carbocycles. The van der Waals surface area contributed by atoms with Crippen molar-refractivity contribution in [3.05, 3.63) is 59.2 Å². The zero-order valence-corrected chi connectivity index (χ0v) is 12.1. The summed E-state index contributed by atoms with van der Waals surface area (Å²) in [6.45, 7) is 2.79. The molecule has 1 aliphatic heterocycles. The van der Waals surface area contributed by atoms with Crippen LogP contribution in [-0.2, 0) is 6.42 Å². The van der Waals surface area contributed by atoms with E-state index >= 15 is 0 Å². The number of hydrogen-bond donors (Lipinski definition) is 1. The Kier molecular flexibility index (Phi) is 3.65. The molecule has 108 valence electrons. The van der Waals surface area contributed by atoms with E-state index in [1.54, 1.807) is 0 Å². The lowest BCUT2D eigenvalue weighted by molar-refractivity contribution is 0.0975. The molecule has 3 heteroatoms. The first-order valence-corrected chi connectivity index (χ1v) is 7.28. The highest BCUT2D eigenvalue weighted by Gasteiger charge is 2.17. The highest BCUT2D eigenvalue weighted by molar-refractivity contribution is 5.97. The van der Waals surface area contributed by atoms with Crippen LogP contribution in [0.15, 0.2) is 42.5 Å². The molecule has 3 nitrogen and oxygen atoms in total. The zero-order valence-electron chi connectivity index (χ0n) is 12.1. The molecule has 0 bridgehead atoms. The second-order valence-corrected chi connectivity index (χ2v) is 5.62. The Bertz CT molecular complexity index is 661. The van der Waals surface area contributed by atoms with Gasteiger partial charge in [-0.25, -0.2) is 0 Å². The molecule has 0 aromatic heterocycles. The molecule has 0 radical (unpaired) electrons. The van der Waals surface area contributed by atoms with Gasteiger partial charge in [-0.2, -0.15) is 0 Å². The first kappa shape index (κ1) is 13.7. The Morgan fingerprint density at radius 2 is 2.00 bits per heavy atom. The summed E-state index contributed by atoms with van der Waals surface area (Å²) >= 11 is 0. The summed E-state index contributed by atoms with van der Waals surface area (Å²) in [6, 6.07) is 13.5. The van der Waals surface area contributed by atoms with Crippen LogP contribution in [0, 0.1) is 0 Å². The van der Waals surface area contributed by atoms with Crippen molar-refractivity contribution >= 4 is 11.5 Å². The van der Waals surface area contributed by atoms with Crippen LogP contribution in [0.2, 0.25) is 0 Å². The first-order chi connectivity index (χ1) is 10.1. The third-order valence-corrected chi connectivity index (χ3v) is 4.01.